The fourth-order valence-electron chi connectivity index (χ4n) is 4.43. The predicted octanol–water partition coefficient (Wildman–Crippen LogP) is 2.84. The van der Waals surface area contributed by atoms with Crippen LogP contribution in [0.4, 0.5) is 5.69 Å². The van der Waals surface area contributed by atoms with Crippen molar-refractivity contribution in [3.05, 3.63) is 30.3 Å². The highest BCUT2D eigenvalue weighted by Gasteiger charge is 2.59. The number of nitrogens with zero attached hydrogens (tertiary/aromatic N) is 1. The van der Waals surface area contributed by atoms with Crippen molar-refractivity contribution in [2.24, 2.45) is 0 Å². The first-order chi connectivity index (χ1) is 14.6. The third kappa shape index (κ3) is 4.79. The molecule has 0 radical (unpaired) electrons. The zero-order valence-corrected chi connectivity index (χ0v) is 19.1. The first kappa shape index (κ1) is 22.6. The number of hydrogen-bond acceptors (Lipinski definition) is 7. The lowest BCUT2D eigenvalue weighted by molar-refractivity contribution is -0.235. The predicted molar refractivity (Wildman–Crippen MR) is 112 cm³/mol. The summed E-state index contributed by atoms with van der Waals surface area (Å²) in [7, 11) is 0. The molecule has 3 heterocycles. The molecule has 5 atom stereocenters. The highest BCUT2D eigenvalue weighted by Crippen LogP contribution is 2.42. The Labute approximate surface area is 183 Å². The lowest BCUT2D eigenvalue weighted by Crippen LogP contribution is -2.46. The van der Waals surface area contributed by atoms with Crippen molar-refractivity contribution in [3.8, 4) is 0 Å². The number of anilines is 1. The van der Waals surface area contributed by atoms with Crippen LogP contribution in [0, 0.1) is 0 Å². The van der Waals surface area contributed by atoms with Gasteiger partial charge in [-0.05, 0) is 53.7 Å². The smallest absolute Gasteiger partial charge is 0.253 e. The normalized spacial score (nSPS) is 33.6. The van der Waals surface area contributed by atoms with Gasteiger partial charge in [-0.15, -0.1) is 0 Å². The van der Waals surface area contributed by atoms with Crippen molar-refractivity contribution in [2.45, 2.75) is 89.9 Å². The number of benzene rings is 1. The van der Waals surface area contributed by atoms with Gasteiger partial charge in [-0.1, -0.05) is 18.2 Å². The maximum Gasteiger partial charge on any atom is 0.253 e. The Bertz CT molecular complexity index is 781. The van der Waals surface area contributed by atoms with E-state index in [0.717, 1.165) is 5.69 Å². The summed E-state index contributed by atoms with van der Waals surface area (Å²) in [5.74, 6) is -1.62. The number of hydrogen-bond donors (Lipinski definition) is 0. The molecule has 0 aromatic heterocycles. The van der Waals surface area contributed by atoms with E-state index < -0.39 is 36.2 Å². The van der Waals surface area contributed by atoms with Crippen molar-refractivity contribution < 1.29 is 33.2 Å². The SMILES string of the molecule is CC(C)N(C(=O)CO[C@H]1[C@@H]2OC(C)(C)O[C@@H]2O[C@H]1C1COC(C)(C)O1)c1ccccc1. The summed E-state index contributed by atoms with van der Waals surface area (Å²) in [5, 5.41) is 0. The van der Waals surface area contributed by atoms with E-state index >= 15 is 0 Å². The van der Waals surface area contributed by atoms with Gasteiger partial charge in [0.2, 0.25) is 0 Å². The standard InChI is InChI=1S/C23H33NO7/c1-14(2)24(15-10-8-7-9-11-15)17(25)13-26-19-18(16-12-27-22(3,4)29-16)28-21-20(19)30-23(5,6)31-21/h7-11,14,16,18-21H,12-13H2,1-6H3/t16?,18-,19+,20-,21-/m0/s1. The van der Waals surface area contributed by atoms with E-state index in [1.165, 1.54) is 0 Å². The van der Waals surface area contributed by atoms with Crippen molar-refractivity contribution in [3.63, 3.8) is 0 Å². The minimum atomic E-state index is -0.785. The lowest BCUT2D eigenvalue weighted by Gasteiger charge is -2.30. The summed E-state index contributed by atoms with van der Waals surface area (Å²) in [6.45, 7) is 11.6. The molecule has 3 aliphatic heterocycles. The Kier molecular flexibility index (Phi) is 6.15. The maximum atomic E-state index is 13.1. The zero-order valence-electron chi connectivity index (χ0n) is 19.1. The van der Waals surface area contributed by atoms with Crippen LogP contribution in [0.15, 0.2) is 30.3 Å². The molecule has 0 saturated carbocycles. The number of rotatable bonds is 6. The summed E-state index contributed by atoms with van der Waals surface area (Å²) >= 11 is 0. The lowest BCUT2D eigenvalue weighted by atomic mass is 10.1. The summed E-state index contributed by atoms with van der Waals surface area (Å²) in [5.41, 5.74) is 0.832. The van der Waals surface area contributed by atoms with Gasteiger partial charge in [-0.2, -0.15) is 0 Å². The largest absolute Gasteiger partial charge is 0.363 e. The van der Waals surface area contributed by atoms with E-state index in [1.807, 2.05) is 71.9 Å². The van der Waals surface area contributed by atoms with E-state index in [1.54, 1.807) is 4.90 Å². The van der Waals surface area contributed by atoms with Crippen LogP contribution in [0.2, 0.25) is 0 Å². The van der Waals surface area contributed by atoms with Crippen LogP contribution in [0.25, 0.3) is 0 Å². The third-order valence-electron chi connectivity index (χ3n) is 5.64. The third-order valence-corrected chi connectivity index (χ3v) is 5.64. The minimum absolute atomic E-state index is 0.0146. The Morgan fingerprint density at radius 2 is 1.77 bits per heavy atom. The van der Waals surface area contributed by atoms with E-state index in [4.69, 9.17) is 28.4 Å². The molecule has 3 aliphatic rings. The van der Waals surface area contributed by atoms with Gasteiger partial charge in [0.05, 0.1) is 6.61 Å². The number of ether oxygens (including phenoxy) is 6. The first-order valence-corrected chi connectivity index (χ1v) is 10.9. The topological polar surface area (TPSA) is 75.7 Å². The van der Waals surface area contributed by atoms with Gasteiger partial charge in [0, 0.05) is 11.7 Å². The van der Waals surface area contributed by atoms with Crippen LogP contribution in [-0.4, -0.2) is 67.4 Å². The van der Waals surface area contributed by atoms with Crippen molar-refractivity contribution in [1.29, 1.82) is 0 Å². The molecule has 31 heavy (non-hydrogen) atoms. The second-order valence-electron chi connectivity index (χ2n) is 9.41. The molecule has 172 valence electrons. The van der Waals surface area contributed by atoms with E-state index in [9.17, 15) is 4.79 Å². The molecule has 0 spiro atoms. The number of carbonyl (C=O) groups excluding carboxylic acids is 1. The number of carbonyl (C=O) groups is 1. The van der Waals surface area contributed by atoms with Crippen molar-refractivity contribution in [2.75, 3.05) is 18.1 Å². The van der Waals surface area contributed by atoms with Gasteiger partial charge >= 0.3 is 0 Å². The fourth-order valence-corrected chi connectivity index (χ4v) is 4.43. The fraction of sp³-hybridized carbons (Fsp3) is 0.696. The monoisotopic (exact) mass is 435 g/mol. The Morgan fingerprint density at radius 1 is 1.06 bits per heavy atom. The van der Waals surface area contributed by atoms with Gasteiger partial charge in [0.25, 0.3) is 5.91 Å². The number of fused-ring (bicyclic) bond motifs is 1. The molecule has 1 aromatic rings. The van der Waals surface area contributed by atoms with E-state index in [-0.39, 0.29) is 24.7 Å². The molecule has 1 unspecified atom stereocenters. The first-order valence-electron chi connectivity index (χ1n) is 10.9. The summed E-state index contributed by atoms with van der Waals surface area (Å²) in [6.07, 6.45) is -2.37. The van der Waals surface area contributed by atoms with E-state index in [2.05, 4.69) is 0 Å². The van der Waals surface area contributed by atoms with Gasteiger partial charge < -0.3 is 33.3 Å². The molecule has 1 aromatic carbocycles. The summed E-state index contributed by atoms with van der Waals surface area (Å²) in [4.78, 5) is 14.9. The van der Waals surface area contributed by atoms with Gasteiger partial charge in [-0.3, -0.25) is 4.79 Å². The average Bonchev–Trinajstić information content (AvgIpc) is 3.29. The van der Waals surface area contributed by atoms with Crippen LogP contribution in [0.3, 0.4) is 0 Å². The summed E-state index contributed by atoms with van der Waals surface area (Å²) in [6, 6.07) is 9.56. The molecule has 8 nitrogen and oxygen atoms in total. The molecule has 1 amide bonds. The zero-order chi connectivity index (χ0) is 22.4. The molecule has 8 heteroatoms. The molecule has 3 fully saturated rings. The van der Waals surface area contributed by atoms with Gasteiger partial charge in [-0.25, -0.2) is 0 Å². The summed E-state index contributed by atoms with van der Waals surface area (Å²) < 4.78 is 36.0. The Morgan fingerprint density at radius 3 is 2.39 bits per heavy atom. The second kappa shape index (κ2) is 8.42. The molecule has 0 bridgehead atoms. The highest BCUT2D eigenvalue weighted by atomic mass is 16.8. The Hall–Kier alpha value is -1.55. The molecular formula is C23H33NO7. The van der Waals surface area contributed by atoms with Gasteiger partial charge in [0.1, 0.15) is 31.0 Å². The molecule has 3 saturated heterocycles. The van der Waals surface area contributed by atoms with Crippen molar-refractivity contribution >= 4 is 11.6 Å². The van der Waals surface area contributed by atoms with Crippen LogP contribution in [0.5, 0.6) is 0 Å². The van der Waals surface area contributed by atoms with Crippen molar-refractivity contribution in [1.82, 2.24) is 0 Å². The van der Waals surface area contributed by atoms with Crippen LogP contribution in [-0.2, 0) is 33.2 Å². The average molecular weight is 436 g/mol. The van der Waals surface area contributed by atoms with Crippen LogP contribution < -0.4 is 4.90 Å². The molecule has 0 aliphatic carbocycles. The highest BCUT2D eigenvalue weighted by molar-refractivity contribution is 5.94. The molecular weight excluding hydrogens is 402 g/mol. The number of para-hydroxylation sites is 1. The second-order valence-corrected chi connectivity index (χ2v) is 9.41. The maximum absolute atomic E-state index is 13.1. The Balaban J connectivity index is 1.49. The molecule has 0 N–H and O–H groups in total. The quantitative estimate of drug-likeness (QED) is 0.680. The number of amides is 1. The van der Waals surface area contributed by atoms with E-state index in [0.29, 0.717) is 6.61 Å². The minimum Gasteiger partial charge on any atom is -0.363 e. The molecule has 4 rings (SSSR count). The van der Waals surface area contributed by atoms with Gasteiger partial charge in [0.15, 0.2) is 17.9 Å². The van der Waals surface area contributed by atoms with Crippen LogP contribution >= 0.6 is 0 Å². The van der Waals surface area contributed by atoms with Crippen LogP contribution in [0.1, 0.15) is 41.5 Å².